The Labute approximate surface area is 224 Å². The maximum absolute atomic E-state index is 12.4. The van der Waals surface area contributed by atoms with E-state index in [-0.39, 0.29) is 24.1 Å². The van der Waals surface area contributed by atoms with Crippen molar-refractivity contribution >= 4 is 24.1 Å². The van der Waals surface area contributed by atoms with Crippen LogP contribution in [0.15, 0.2) is 42.4 Å². The van der Waals surface area contributed by atoms with Crippen LogP contribution in [0.2, 0.25) is 0 Å². The third kappa shape index (κ3) is 7.51. The molecular weight excluding hydrogens is 484 g/mol. The summed E-state index contributed by atoms with van der Waals surface area (Å²) in [5.74, 6) is 0.139. The molecule has 0 bridgehead atoms. The SMILES string of the molecule is CNC(=O)C(C)(C)N/C=C(\C=N)Nc1nccc(-c2ccc(CNC(=O)N3CC(OC(C)C)C3)c(C)c2)n1. The number of aromatic nitrogens is 2. The largest absolute Gasteiger partial charge is 0.376 e. The molecule has 2 heterocycles. The van der Waals surface area contributed by atoms with Crippen LogP contribution in [-0.2, 0) is 16.1 Å². The van der Waals surface area contributed by atoms with Gasteiger partial charge in [0.25, 0.3) is 0 Å². The summed E-state index contributed by atoms with van der Waals surface area (Å²) in [5.41, 5.74) is 3.20. The predicted molar refractivity (Wildman–Crippen MR) is 148 cm³/mol. The van der Waals surface area contributed by atoms with E-state index in [1.807, 2.05) is 45.0 Å². The van der Waals surface area contributed by atoms with Gasteiger partial charge >= 0.3 is 6.03 Å². The quantitative estimate of drug-likeness (QED) is 0.285. The van der Waals surface area contributed by atoms with Crippen molar-refractivity contribution in [2.24, 2.45) is 0 Å². The Balaban J connectivity index is 1.61. The van der Waals surface area contributed by atoms with Gasteiger partial charge in [-0.3, -0.25) is 4.79 Å². The molecular formula is C27H38N8O3. The van der Waals surface area contributed by atoms with Gasteiger partial charge < -0.3 is 36.3 Å². The van der Waals surface area contributed by atoms with Crippen molar-refractivity contribution in [2.75, 3.05) is 25.5 Å². The fourth-order valence-electron chi connectivity index (χ4n) is 3.87. The van der Waals surface area contributed by atoms with Crippen LogP contribution in [0.3, 0.4) is 0 Å². The maximum atomic E-state index is 12.4. The number of rotatable bonds is 11. The molecule has 1 fully saturated rings. The number of hydrogen-bond donors (Lipinski definition) is 5. The molecule has 0 saturated carbocycles. The average Bonchev–Trinajstić information content (AvgIpc) is 2.86. The fourth-order valence-corrected chi connectivity index (χ4v) is 3.87. The van der Waals surface area contributed by atoms with Gasteiger partial charge in [0.2, 0.25) is 11.9 Å². The zero-order valence-electron chi connectivity index (χ0n) is 22.9. The number of anilines is 1. The molecule has 1 aliphatic rings. The molecule has 0 aliphatic carbocycles. The van der Waals surface area contributed by atoms with E-state index in [1.165, 1.54) is 0 Å². The Hall–Kier alpha value is -3.99. The molecule has 1 aliphatic heterocycles. The van der Waals surface area contributed by atoms with E-state index in [4.69, 9.17) is 10.1 Å². The molecule has 3 amide bonds. The second-order valence-electron chi connectivity index (χ2n) is 9.99. The molecule has 204 valence electrons. The van der Waals surface area contributed by atoms with Crippen LogP contribution >= 0.6 is 0 Å². The van der Waals surface area contributed by atoms with Crippen molar-refractivity contribution in [3.63, 3.8) is 0 Å². The summed E-state index contributed by atoms with van der Waals surface area (Å²) >= 11 is 0. The molecule has 0 unspecified atom stereocenters. The van der Waals surface area contributed by atoms with Crippen LogP contribution in [0.25, 0.3) is 11.3 Å². The third-order valence-electron chi connectivity index (χ3n) is 6.12. The molecule has 0 radical (unpaired) electrons. The summed E-state index contributed by atoms with van der Waals surface area (Å²) in [5, 5.41) is 19.3. The molecule has 1 aromatic carbocycles. The highest BCUT2D eigenvalue weighted by Gasteiger charge is 2.31. The van der Waals surface area contributed by atoms with Crippen LogP contribution in [0.1, 0.15) is 38.8 Å². The number of urea groups is 1. The van der Waals surface area contributed by atoms with Gasteiger partial charge in [0.05, 0.1) is 36.7 Å². The van der Waals surface area contributed by atoms with Crippen LogP contribution in [-0.4, -0.2) is 70.9 Å². The van der Waals surface area contributed by atoms with Gasteiger partial charge in [-0.15, -0.1) is 0 Å². The van der Waals surface area contributed by atoms with Gasteiger partial charge in [-0.2, -0.15) is 0 Å². The van der Waals surface area contributed by atoms with Crippen molar-refractivity contribution in [3.8, 4) is 11.3 Å². The first-order valence-electron chi connectivity index (χ1n) is 12.6. The Kier molecular flexibility index (Phi) is 9.40. The highest BCUT2D eigenvalue weighted by atomic mass is 16.5. The summed E-state index contributed by atoms with van der Waals surface area (Å²) in [6, 6.07) is 7.67. The lowest BCUT2D eigenvalue weighted by atomic mass is 10.0. The third-order valence-corrected chi connectivity index (χ3v) is 6.12. The summed E-state index contributed by atoms with van der Waals surface area (Å²) in [7, 11) is 1.57. The minimum Gasteiger partial charge on any atom is -0.376 e. The summed E-state index contributed by atoms with van der Waals surface area (Å²) in [4.78, 5) is 35.0. The van der Waals surface area contributed by atoms with Crippen molar-refractivity contribution in [1.82, 2.24) is 30.8 Å². The number of aryl methyl sites for hydroxylation is 1. The first-order valence-corrected chi connectivity index (χ1v) is 12.6. The van der Waals surface area contributed by atoms with E-state index < -0.39 is 5.54 Å². The number of likely N-dealkylation sites (tertiary alicyclic amines) is 1. The van der Waals surface area contributed by atoms with Crippen LogP contribution < -0.4 is 21.3 Å². The summed E-state index contributed by atoms with van der Waals surface area (Å²) in [6.07, 6.45) is 4.58. The lowest BCUT2D eigenvalue weighted by Gasteiger charge is -2.39. The summed E-state index contributed by atoms with van der Waals surface area (Å²) in [6.45, 7) is 11.1. The Morgan fingerprint density at radius 3 is 2.63 bits per heavy atom. The molecule has 1 aromatic heterocycles. The predicted octanol–water partition coefficient (Wildman–Crippen LogP) is 2.79. The Bertz CT molecular complexity index is 1190. The van der Waals surface area contributed by atoms with Gasteiger partial charge in [-0.25, -0.2) is 14.8 Å². The topological polar surface area (TPSA) is 144 Å². The highest BCUT2D eigenvalue weighted by molar-refractivity contribution is 5.86. The molecule has 1 saturated heterocycles. The fraction of sp³-hybridized carbons (Fsp3) is 0.444. The van der Waals surface area contributed by atoms with Crippen LogP contribution in [0.4, 0.5) is 10.7 Å². The van der Waals surface area contributed by atoms with Crippen LogP contribution in [0.5, 0.6) is 0 Å². The van der Waals surface area contributed by atoms with Crippen molar-refractivity contribution in [1.29, 1.82) is 5.41 Å². The molecule has 11 heteroatoms. The van der Waals surface area contributed by atoms with E-state index in [9.17, 15) is 9.59 Å². The van der Waals surface area contributed by atoms with Gasteiger partial charge in [0, 0.05) is 37.8 Å². The lowest BCUT2D eigenvalue weighted by molar-refractivity contribution is -0.125. The second kappa shape index (κ2) is 12.5. The molecule has 5 N–H and O–H groups in total. The minimum atomic E-state index is -0.855. The first-order chi connectivity index (χ1) is 18.0. The molecule has 11 nitrogen and oxygen atoms in total. The zero-order valence-corrected chi connectivity index (χ0v) is 22.9. The zero-order chi connectivity index (χ0) is 27.9. The van der Waals surface area contributed by atoms with Gasteiger partial charge in [-0.1, -0.05) is 12.1 Å². The van der Waals surface area contributed by atoms with E-state index >= 15 is 0 Å². The van der Waals surface area contributed by atoms with Crippen LogP contribution in [0, 0.1) is 12.3 Å². The number of nitrogens with zero attached hydrogens (tertiary/aromatic N) is 3. The van der Waals surface area contributed by atoms with Crippen molar-refractivity contribution in [2.45, 2.75) is 58.9 Å². The van der Waals surface area contributed by atoms with E-state index in [0.717, 1.165) is 22.9 Å². The second-order valence-corrected chi connectivity index (χ2v) is 9.99. The Morgan fingerprint density at radius 1 is 1.26 bits per heavy atom. The van der Waals surface area contributed by atoms with Crippen molar-refractivity contribution in [3.05, 3.63) is 53.5 Å². The molecule has 38 heavy (non-hydrogen) atoms. The standard InChI is InChI=1S/C27H38N8O3/c1-17(2)38-22-15-35(16-22)26(37)31-13-20-8-7-19(11-18(20)3)23-9-10-30-25(34-23)33-21(12-28)14-32-27(4,5)24(36)29-6/h7-12,14,17,22,28,32H,13,15-16H2,1-6H3,(H,29,36)(H,31,37)(H,30,33,34)/b21-14+,28-12?. The van der Waals surface area contributed by atoms with Gasteiger partial charge in [-0.05, 0) is 57.9 Å². The number of carbonyl (C=O) groups is 2. The number of nitrogens with one attached hydrogen (secondary N) is 5. The van der Waals surface area contributed by atoms with E-state index in [2.05, 4.69) is 31.2 Å². The minimum absolute atomic E-state index is 0.0909. The Morgan fingerprint density at radius 2 is 2.00 bits per heavy atom. The van der Waals surface area contributed by atoms with Gasteiger partial charge in [0.1, 0.15) is 5.54 Å². The lowest BCUT2D eigenvalue weighted by Crippen LogP contribution is -2.58. The van der Waals surface area contributed by atoms with Gasteiger partial charge in [0.15, 0.2) is 0 Å². The smallest absolute Gasteiger partial charge is 0.317 e. The number of likely N-dealkylation sites (N-methyl/N-ethyl adjacent to an activating group) is 1. The average molecular weight is 523 g/mol. The molecule has 0 spiro atoms. The number of hydrogen-bond acceptors (Lipinski definition) is 8. The number of amides is 3. The van der Waals surface area contributed by atoms with Crippen molar-refractivity contribution < 1.29 is 14.3 Å². The number of ether oxygens (including phenoxy) is 1. The molecule has 0 atom stereocenters. The first kappa shape index (κ1) is 28.6. The molecule has 3 rings (SSSR count). The number of carbonyl (C=O) groups excluding carboxylic acids is 2. The maximum Gasteiger partial charge on any atom is 0.317 e. The number of benzene rings is 1. The molecule has 2 aromatic rings. The van der Waals surface area contributed by atoms with E-state index in [0.29, 0.717) is 37.0 Å². The monoisotopic (exact) mass is 522 g/mol. The summed E-state index contributed by atoms with van der Waals surface area (Å²) < 4.78 is 5.71. The van der Waals surface area contributed by atoms with E-state index in [1.54, 1.807) is 38.2 Å². The highest BCUT2D eigenvalue weighted by Crippen LogP contribution is 2.22. The normalized spacial score (nSPS) is 14.1. The number of allylic oxidation sites excluding steroid dienone is 1.